The molecular weight excluding hydrogens is 480 g/mol. The van der Waals surface area contributed by atoms with Crippen LogP contribution in [-0.4, -0.2) is 41.7 Å². The Morgan fingerprint density at radius 1 is 1.05 bits per heavy atom. The summed E-state index contributed by atoms with van der Waals surface area (Å²) in [4.78, 5) is 36.8. The maximum atomic E-state index is 13.1. The smallest absolute Gasteiger partial charge is 0.257 e. The predicted molar refractivity (Wildman–Crippen MR) is 146 cm³/mol. The fourth-order valence-electron chi connectivity index (χ4n) is 4.17. The van der Waals surface area contributed by atoms with E-state index in [-0.39, 0.29) is 23.5 Å². The second kappa shape index (κ2) is 11.0. The largest absolute Gasteiger partial charge is 0.358 e. The van der Waals surface area contributed by atoms with Gasteiger partial charge in [-0.3, -0.25) is 14.6 Å². The molecule has 1 aliphatic rings. The zero-order valence-electron chi connectivity index (χ0n) is 22.3. The summed E-state index contributed by atoms with van der Waals surface area (Å²) < 4.78 is 5.70. The lowest BCUT2D eigenvalue weighted by Gasteiger charge is -2.24. The highest BCUT2D eigenvalue weighted by molar-refractivity contribution is 6.07. The molecule has 1 saturated heterocycles. The van der Waals surface area contributed by atoms with E-state index in [1.165, 1.54) is 6.20 Å². The Balaban J connectivity index is 1.48. The molecule has 2 amide bonds. The van der Waals surface area contributed by atoms with Crippen molar-refractivity contribution in [3.63, 3.8) is 0 Å². The third-order valence-electron chi connectivity index (χ3n) is 6.48. The minimum absolute atomic E-state index is 0.0112. The van der Waals surface area contributed by atoms with Crippen LogP contribution >= 0.6 is 0 Å². The molecule has 1 aromatic carbocycles. The summed E-state index contributed by atoms with van der Waals surface area (Å²) in [5.74, 6) is 0.00179. The van der Waals surface area contributed by atoms with Gasteiger partial charge < -0.3 is 20.3 Å². The number of hydrogen-bond acceptors (Lipinski definition) is 7. The molecule has 4 rings (SSSR count). The number of amides is 2. The number of aromatic nitrogens is 2. The number of nitrogens with zero attached hydrogens (tertiary/aromatic N) is 4. The number of rotatable bonds is 6. The lowest BCUT2D eigenvalue weighted by atomic mass is 9.85. The van der Waals surface area contributed by atoms with Gasteiger partial charge in [-0.1, -0.05) is 20.8 Å². The highest BCUT2D eigenvalue weighted by atomic mass is 16.5. The van der Waals surface area contributed by atoms with E-state index in [2.05, 4.69) is 26.7 Å². The number of carbonyl (C=O) groups is 2. The lowest BCUT2D eigenvalue weighted by molar-refractivity contribution is 0.101. The van der Waals surface area contributed by atoms with Gasteiger partial charge in [-0.25, -0.2) is 4.98 Å². The van der Waals surface area contributed by atoms with E-state index < -0.39 is 0 Å². The summed E-state index contributed by atoms with van der Waals surface area (Å²) in [7, 11) is 1.94. The molecule has 0 aliphatic carbocycles. The van der Waals surface area contributed by atoms with Crippen molar-refractivity contribution < 1.29 is 14.3 Å². The van der Waals surface area contributed by atoms with Crippen LogP contribution in [0, 0.1) is 18.3 Å². The summed E-state index contributed by atoms with van der Waals surface area (Å²) in [5.41, 5.74) is 3.17. The minimum Gasteiger partial charge on any atom is -0.358 e. The highest BCUT2D eigenvalue weighted by Gasteiger charge is 2.22. The van der Waals surface area contributed by atoms with Crippen LogP contribution in [0.15, 0.2) is 48.8 Å². The molecular formula is C29H32N6O3. The summed E-state index contributed by atoms with van der Waals surface area (Å²) in [6, 6.07) is 12.4. The number of carbonyl (C=O) groups excluding carboxylic acids is 2. The van der Waals surface area contributed by atoms with E-state index in [0.717, 1.165) is 30.8 Å². The van der Waals surface area contributed by atoms with E-state index in [4.69, 9.17) is 4.74 Å². The molecule has 3 heterocycles. The molecule has 0 spiro atoms. The Morgan fingerprint density at radius 3 is 2.42 bits per heavy atom. The molecule has 2 aromatic heterocycles. The van der Waals surface area contributed by atoms with Gasteiger partial charge in [0.2, 0.25) is 0 Å². The number of pyridine rings is 2. The SMILES string of the molecule is Cc1ncc(NC(=O)c2cc(C#N)cc(C(C)(C)C)c2)cc1C(=O)Nc1ccc(N(C)C2CCCO2)nc1. The minimum atomic E-state index is -0.389. The first-order chi connectivity index (χ1) is 18.0. The van der Waals surface area contributed by atoms with Gasteiger partial charge in [0, 0.05) is 19.2 Å². The highest BCUT2D eigenvalue weighted by Crippen LogP contribution is 2.26. The lowest BCUT2D eigenvalue weighted by Crippen LogP contribution is -2.31. The van der Waals surface area contributed by atoms with Crippen LogP contribution in [0.2, 0.25) is 0 Å². The standard InChI is InChI=1S/C29H32N6O3/c1-18-24(28(37)33-22-8-9-25(32-16-22)35(5)26-7-6-10-38-26)14-23(17-31-18)34-27(36)20-11-19(15-30)12-21(13-20)29(2,3)4/h8-9,11-14,16-17,26H,6-7,10H2,1-5H3,(H,33,37)(H,34,36). The first-order valence-electron chi connectivity index (χ1n) is 12.5. The molecule has 1 aliphatic heterocycles. The van der Waals surface area contributed by atoms with Gasteiger partial charge >= 0.3 is 0 Å². The number of benzene rings is 1. The van der Waals surface area contributed by atoms with Gasteiger partial charge in [-0.2, -0.15) is 5.26 Å². The number of hydrogen-bond donors (Lipinski definition) is 2. The van der Waals surface area contributed by atoms with Crippen molar-refractivity contribution in [2.75, 3.05) is 29.2 Å². The molecule has 0 radical (unpaired) electrons. The molecule has 0 saturated carbocycles. The number of aryl methyl sites for hydroxylation is 1. The van der Waals surface area contributed by atoms with Gasteiger partial charge in [0.15, 0.2) is 0 Å². The predicted octanol–water partition coefficient (Wildman–Crippen LogP) is 5.03. The Labute approximate surface area is 222 Å². The van der Waals surface area contributed by atoms with Crippen molar-refractivity contribution in [2.45, 2.75) is 52.2 Å². The third kappa shape index (κ3) is 6.15. The third-order valence-corrected chi connectivity index (χ3v) is 6.48. The van der Waals surface area contributed by atoms with Crippen LogP contribution in [0.5, 0.6) is 0 Å². The van der Waals surface area contributed by atoms with Crippen molar-refractivity contribution in [1.29, 1.82) is 5.26 Å². The monoisotopic (exact) mass is 512 g/mol. The molecule has 1 fully saturated rings. The van der Waals surface area contributed by atoms with Crippen molar-refractivity contribution in [3.8, 4) is 6.07 Å². The van der Waals surface area contributed by atoms with E-state index >= 15 is 0 Å². The zero-order valence-corrected chi connectivity index (χ0v) is 22.3. The fourth-order valence-corrected chi connectivity index (χ4v) is 4.17. The number of nitriles is 1. The van der Waals surface area contributed by atoms with Crippen molar-refractivity contribution >= 4 is 29.0 Å². The van der Waals surface area contributed by atoms with E-state index in [1.54, 1.807) is 43.5 Å². The average molecular weight is 513 g/mol. The van der Waals surface area contributed by atoms with Crippen LogP contribution < -0.4 is 15.5 Å². The second-order valence-corrected chi connectivity index (χ2v) is 10.4. The topological polar surface area (TPSA) is 120 Å². The Kier molecular flexibility index (Phi) is 7.74. The van der Waals surface area contributed by atoms with Gasteiger partial charge in [-0.15, -0.1) is 0 Å². The van der Waals surface area contributed by atoms with Crippen molar-refractivity contribution in [2.24, 2.45) is 0 Å². The van der Waals surface area contributed by atoms with Crippen LogP contribution in [0.25, 0.3) is 0 Å². The van der Waals surface area contributed by atoms with Gasteiger partial charge in [0.1, 0.15) is 12.0 Å². The molecule has 1 unspecified atom stereocenters. The summed E-state index contributed by atoms with van der Waals surface area (Å²) >= 11 is 0. The first-order valence-corrected chi connectivity index (χ1v) is 12.5. The maximum absolute atomic E-state index is 13.1. The van der Waals surface area contributed by atoms with Crippen molar-refractivity contribution in [3.05, 3.63) is 76.7 Å². The van der Waals surface area contributed by atoms with Gasteiger partial charge in [-0.05, 0) is 67.1 Å². The molecule has 2 N–H and O–H groups in total. The Morgan fingerprint density at radius 2 is 1.79 bits per heavy atom. The van der Waals surface area contributed by atoms with E-state index in [9.17, 15) is 14.9 Å². The molecule has 196 valence electrons. The summed E-state index contributed by atoms with van der Waals surface area (Å²) in [5, 5.41) is 15.1. The van der Waals surface area contributed by atoms with E-state index in [1.807, 2.05) is 38.8 Å². The van der Waals surface area contributed by atoms with Gasteiger partial charge in [0.25, 0.3) is 11.8 Å². The summed E-state index contributed by atoms with van der Waals surface area (Å²) in [6.45, 7) is 8.53. The zero-order chi connectivity index (χ0) is 27.4. The Hall–Kier alpha value is -4.29. The Bertz CT molecular complexity index is 1380. The summed E-state index contributed by atoms with van der Waals surface area (Å²) in [6.07, 6.45) is 5.09. The fraction of sp³-hybridized carbons (Fsp3) is 0.345. The molecule has 0 bridgehead atoms. The van der Waals surface area contributed by atoms with Crippen LogP contribution in [0.1, 0.15) is 71.1 Å². The van der Waals surface area contributed by atoms with E-state index in [0.29, 0.717) is 33.8 Å². The van der Waals surface area contributed by atoms with Crippen LogP contribution in [0.3, 0.4) is 0 Å². The average Bonchev–Trinajstić information content (AvgIpc) is 3.44. The molecule has 3 aromatic rings. The number of nitrogens with one attached hydrogen (secondary N) is 2. The quantitative estimate of drug-likeness (QED) is 0.475. The molecule has 9 heteroatoms. The molecule has 9 nitrogen and oxygen atoms in total. The second-order valence-electron chi connectivity index (χ2n) is 10.4. The van der Waals surface area contributed by atoms with Crippen LogP contribution in [-0.2, 0) is 10.2 Å². The number of anilines is 3. The maximum Gasteiger partial charge on any atom is 0.257 e. The molecule has 38 heavy (non-hydrogen) atoms. The van der Waals surface area contributed by atoms with Crippen molar-refractivity contribution in [1.82, 2.24) is 9.97 Å². The van der Waals surface area contributed by atoms with Crippen LogP contribution in [0.4, 0.5) is 17.2 Å². The first kappa shape index (κ1) is 26.8. The number of ether oxygens (including phenoxy) is 1. The molecule has 1 atom stereocenters. The van der Waals surface area contributed by atoms with Gasteiger partial charge in [0.05, 0.1) is 46.7 Å². The normalized spacial score (nSPS) is 15.0.